The predicted octanol–water partition coefficient (Wildman–Crippen LogP) is 0.236. The molecule has 1 unspecified atom stereocenters. The largest absolute Gasteiger partial charge is 0.494 e. The van der Waals surface area contributed by atoms with E-state index in [4.69, 9.17) is 15.3 Å². The molecule has 7 heteroatoms. The lowest BCUT2D eigenvalue weighted by Gasteiger charge is -2.14. The van der Waals surface area contributed by atoms with E-state index in [1.54, 1.807) is 30.2 Å². The van der Waals surface area contributed by atoms with Crippen molar-refractivity contribution in [1.82, 2.24) is 15.1 Å². The van der Waals surface area contributed by atoms with Crippen LogP contribution >= 0.6 is 0 Å². The van der Waals surface area contributed by atoms with Crippen molar-refractivity contribution in [3.63, 3.8) is 0 Å². The van der Waals surface area contributed by atoms with Gasteiger partial charge in [0.25, 0.3) is 0 Å². The van der Waals surface area contributed by atoms with Gasteiger partial charge in [-0.15, -0.1) is 0 Å². The number of carboxylic acids is 1. The van der Waals surface area contributed by atoms with Crippen molar-refractivity contribution < 1.29 is 14.6 Å². The SMILES string of the molecule is CNC(/C=C(/OC)C(=N)C(=O)O)n1cccn1. The number of aromatic nitrogens is 2. The maximum absolute atomic E-state index is 10.7. The Balaban J connectivity index is 2.97. The second-order valence-electron chi connectivity index (χ2n) is 3.13. The lowest BCUT2D eigenvalue weighted by Crippen LogP contribution is -2.24. The predicted molar refractivity (Wildman–Crippen MR) is 60.8 cm³/mol. The molecule has 17 heavy (non-hydrogen) atoms. The van der Waals surface area contributed by atoms with E-state index >= 15 is 0 Å². The summed E-state index contributed by atoms with van der Waals surface area (Å²) in [5.74, 6) is -1.36. The maximum atomic E-state index is 10.7. The van der Waals surface area contributed by atoms with Crippen molar-refractivity contribution in [2.75, 3.05) is 14.2 Å². The van der Waals surface area contributed by atoms with Gasteiger partial charge in [0.15, 0.2) is 11.5 Å². The van der Waals surface area contributed by atoms with Crippen molar-refractivity contribution in [3.8, 4) is 0 Å². The fourth-order valence-electron chi connectivity index (χ4n) is 1.24. The third-order valence-electron chi connectivity index (χ3n) is 2.10. The molecule has 0 aromatic carbocycles. The first-order valence-corrected chi connectivity index (χ1v) is 4.84. The normalized spacial score (nSPS) is 13.2. The zero-order valence-corrected chi connectivity index (χ0v) is 9.54. The maximum Gasteiger partial charge on any atom is 0.357 e. The molecular formula is C10H14N4O3. The summed E-state index contributed by atoms with van der Waals surface area (Å²) in [6.07, 6.45) is 4.42. The van der Waals surface area contributed by atoms with Gasteiger partial charge in [0.2, 0.25) is 0 Å². The number of hydrogen-bond donors (Lipinski definition) is 3. The van der Waals surface area contributed by atoms with Crippen LogP contribution in [0.25, 0.3) is 0 Å². The number of methoxy groups -OCH3 is 1. The molecule has 0 spiro atoms. The topological polar surface area (TPSA) is 100 Å². The molecule has 1 aromatic rings. The Hall–Kier alpha value is -2.15. The summed E-state index contributed by atoms with van der Waals surface area (Å²) >= 11 is 0. The van der Waals surface area contributed by atoms with Crippen LogP contribution in [0.4, 0.5) is 0 Å². The van der Waals surface area contributed by atoms with Crippen LogP contribution in [0, 0.1) is 5.41 Å². The van der Waals surface area contributed by atoms with Crippen molar-refractivity contribution in [3.05, 3.63) is 30.3 Å². The van der Waals surface area contributed by atoms with Crippen LogP contribution in [0.3, 0.4) is 0 Å². The van der Waals surface area contributed by atoms with Gasteiger partial charge in [0, 0.05) is 12.4 Å². The second-order valence-corrected chi connectivity index (χ2v) is 3.13. The minimum atomic E-state index is -1.34. The van der Waals surface area contributed by atoms with Gasteiger partial charge in [0.1, 0.15) is 6.17 Å². The molecular weight excluding hydrogens is 224 g/mol. The molecule has 1 rings (SSSR count). The van der Waals surface area contributed by atoms with E-state index in [1.165, 1.54) is 13.2 Å². The van der Waals surface area contributed by atoms with E-state index < -0.39 is 11.7 Å². The molecule has 1 heterocycles. The number of hydrogen-bond acceptors (Lipinski definition) is 5. The Morgan fingerprint density at radius 1 is 1.71 bits per heavy atom. The highest BCUT2D eigenvalue weighted by molar-refractivity contribution is 6.40. The van der Waals surface area contributed by atoms with Gasteiger partial charge < -0.3 is 9.84 Å². The first-order chi connectivity index (χ1) is 8.10. The molecule has 0 saturated heterocycles. The Labute approximate surface area is 98.2 Å². The molecule has 0 fully saturated rings. The molecule has 0 aliphatic carbocycles. The molecule has 92 valence electrons. The summed E-state index contributed by atoms with van der Waals surface area (Å²) in [6, 6.07) is 1.74. The van der Waals surface area contributed by atoms with E-state index in [2.05, 4.69) is 10.4 Å². The highest BCUT2D eigenvalue weighted by atomic mass is 16.5. The van der Waals surface area contributed by atoms with E-state index in [0.717, 1.165) is 0 Å². The Morgan fingerprint density at radius 3 is 2.82 bits per heavy atom. The van der Waals surface area contributed by atoms with Gasteiger partial charge in [-0.3, -0.25) is 15.4 Å². The molecule has 0 bridgehead atoms. The number of nitrogens with zero attached hydrogens (tertiary/aromatic N) is 2. The zero-order valence-electron chi connectivity index (χ0n) is 9.54. The minimum absolute atomic E-state index is 0.0210. The van der Waals surface area contributed by atoms with Crippen LogP contribution in [0.15, 0.2) is 30.3 Å². The third kappa shape index (κ3) is 3.15. The summed E-state index contributed by atoms with van der Waals surface area (Å²) in [6.45, 7) is 0. The molecule has 0 amide bonds. The number of rotatable bonds is 6. The van der Waals surface area contributed by atoms with Crippen LogP contribution in [-0.2, 0) is 9.53 Å². The van der Waals surface area contributed by atoms with Crippen LogP contribution < -0.4 is 5.32 Å². The average Bonchev–Trinajstić information content (AvgIpc) is 2.83. The van der Waals surface area contributed by atoms with Crippen molar-refractivity contribution in [1.29, 1.82) is 5.41 Å². The summed E-state index contributed by atoms with van der Waals surface area (Å²) in [5.41, 5.74) is -0.597. The van der Waals surface area contributed by atoms with Crippen molar-refractivity contribution >= 4 is 11.7 Å². The number of carbonyl (C=O) groups is 1. The van der Waals surface area contributed by atoms with E-state index in [1.807, 2.05) is 0 Å². The standard InChI is InChI=1S/C10H14N4O3/c1-12-8(14-5-3-4-13-14)6-7(17-2)9(11)10(15)16/h3-6,8,11-12H,1-2H3,(H,15,16)/b7-6+,11-9?. The summed E-state index contributed by atoms with van der Waals surface area (Å²) in [7, 11) is 3.01. The first kappa shape index (κ1) is 12.9. The third-order valence-corrected chi connectivity index (χ3v) is 2.10. The van der Waals surface area contributed by atoms with Gasteiger partial charge >= 0.3 is 5.97 Å². The molecule has 0 aliphatic rings. The van der Waals surface area contributed by atoms with Gasteiger partial charge in [-0.25, -0.2) is 4.79 Å². The highest BCUT2D eigenvalue weighted by Crippen LogP contribution is 2.08. The monoisotopic (exact) mass is 238 g/mol. The molecule has 1 aromatic heterocycles. The van der Waals surface area contributed by atoms with Gasteiger partial charge in [-0.1, -0.05) is 0 Å². The number of ether oxygens (including phenoxy) is 1. The summed E-state index contributed by atoms with van der Waals surface area (Å²) in [4.78, 5) is 10.7. The zero-order chi connectivity index (χ0) is 12.8. The number of likely N-dealkylation sites (N-methyl/N-ethyl adjacent to an activating group) is 1. The lowest BCUT2D eigenvalue weighted by atomic mass is 10.2. The van der Waals surface area contributed by atoms with Crippen LogP contribution in [0.2, 0.25) is 0 Å². The van der Waals surface area contributed by atoms with E-state index in [9.17, 15) is 4.79 Å². The van der Waals surface area contributed by atoms with Crippen LogP contribution in [-0.4, -0.2) is 40.7 Å². The minimum Gasteiger partial charge on any atom is -0.494 e. The van der Waals surface area contributed by atoms with Crippen molar-refractivity contribution in [2.24, 2.45) is 0 Å². The second kappa shape index (κ2) is 5.80. The Kier molecular flexibility index (Phi) is 4.41. The fraction of sp³-hybridized carbons (Fsp3) is 0.300. The summed E-state index contributed by atoms with van der Waals surface area (Å²) in [5, 5.41) is 23.0. The molecule has 3 N–H and O–H groups in total. The number of aliphatic carboxylic acids is 1. The quantitative estimate of drug-likeness (QED) is 0.486. The highest BCUT2D eigenvalue weighted by Gasteiger charge is 2.16. The Morgan fingerprint density at radius 2 is 2.41 bits per heavy atom. The average molecular weight is 238 g/mol. The number of carboxylic acid groups (broad SMARTS) is 1. The smallest absolute Gasteiger partial charge is 0.357 e. The summed E-state index contributed by atoms with van der Waals surface area (Å²) < 4.78 is 6.46. The lowest BCUT2D eigenvalue weighted by molar-refractivity contribution is -0.129. The van der Waals surface area contributed by atoms with Gasteiger partial charge in [-0.2, -0.15) is 5.10 Å². The molecule has 7 nitrogen and oxygen atoms in total. The van der Waals surface area contributed by atoms with Gasteiger partial charge in [0.05, 0.1) is 7.11 Å². The first-order valence-electron chi connectivity index (χ1n) is 4.84. The Bertz CT molecular complexity index is 425. The van der Waals surface area contributed by atoms with Crippen molar-refractivity contribution in [2.45, 2.75) is 6.17 Å². The number of nitrogens with one attached hydrogen (secondary N) is 2. The van der Waals surface area contributed by atoms with E-state index in [-0.39, 0.29) is 11.9 Å². The fourth-order valence-corrected chi connectivity index (χ4v) is 1.24. The molecule has 0 saturated carbocycles. The molecule has 1 atom stereocenters. The molecule has 0 aliphatic heterocycles. The van der Waals surface area contributed by atoms with Crippen LogP contribution in [0.5, 0.6) is 0 Å². The molecule has 0 radical (unpaired) electrons. The van der Waals surface area contributed by atoms with Gasteiger partial charge in [-0.05, 0) is 19.2 Å². The van der Waals surface area contributed by atoms with E-state index in [0.29, 0.717) is 0 Å². The van der Waals surface area contributed by atoms with Crippen LogP contribution in [0.1, 0.15) is 6.17 Å².